The van der Waals surface area contributed by atoms with E-state index in [-0.39, 0.29) is 23.1 Å². The van der Waals surface area contributed by atoms with Crippen molar-refractivity contribution in [1.82, 2.24) is 20.1 Å². The molecule has 0 bridgehead atoms. The fourth-order valence-electron chi connectivity index (χ4n) is 4.09. The number of ether oxygens (including phenoxy) is 1. The van der Waals surface area contributed by atoms with E-state index >= 15 is 0 Å². The lowest BCUT2D eigenvalue weighted by atomic mass is 9.99. The fourth-order valence-corrected chi connectivity index (χ4v) is 4.36. The number of pyridine rings is 1. The molecule has 0 radical (unpaired) electrons. The zero-order valence-corrected chi connectivity index (χ0v) is 21.7. The number of hydrogen-bond donors (Lipinski definition) is 3. The third-order valence-corrected chi connectivity index (χ3v) is 6.39. The van der Waals surface area contributed by atoms with Gasteiger partial charge in [-0.15, -0.1) is 5.10 Å². The first-order valence-electron chi connectivity index (χ1n) is 11.9. The summed E-state index contributed by atoms with van der Waals surface area (Å²) in [6.45, 7) is 4.42. The van der Waals surface area contributed by atoms with Crippen LogP contribution in [0.2, 0.25) is 5.02 Å². The average Bonchev–Trinajstić information content (AvgIpc) is 3.31. The Morgan fingerprint density at radius 2 is 1.97 bits per heavy atom. The van der Waals surface area contributed by atoms with Crippen molar-refractivity contribution in [1.29, 1.82) is 0 Å². The highest BCUT2D eigenvalue weighted by Crippen LogP contribution is 2.32. The number of carbonyl (C=O) groups excluding carboxylic acids is 1. The standard InChI is InChI=1S/C27H27ClF2N4O4/c1-14(2)26(36)27(37)32-21(12-35)18-10-16(29)11-20(28)19(18)13-38-23-6-4-5-17-22(9-15(3)31-25(17)23)34-8-7-24(30)33-34/h4-11,14,21,26,35-36H,12-13H2,1-3H3,(H,32,37)/t21-,26-/m0/s1. The van der Waals surface area contributed by atoms with Gasteiger partial charge in [0.05, 0.1) is 23.4 Å². The van der Waals surface area contributed by atoms with Crippen molar-refractivity contribution in [2.24, 2.45) is 5.92 Å². The average molecular weight is 545 g/mol. The number of benzene rings is 2. The van der Waals surface area contributed by atoms with Gasteiger partial charge in [0.25, 0.3) is 0 Å². The number of para-hydroxylation sites is 1. The van der Waals surface area contributed by atoms with E-state index in [1.165, 1.54) is 16.9 Å². The molecule has 1 amide bonds. The van der Waals surface area contributed by atoms with Gasteiger partial charge in [-0.2, -0.15) is 4.39 Å². The first-order chi connectivity index (χ1) is 18.1. The van der Waals surface area contributed by atoms with Gasteiger partial charge >= 0.3 is 0 Å². The number of aliphatic hydroxyl groups is 2. The normalized spacial score (nSPS) is 13.1. The molecular weight excluding hydrogens is 518 g/mol. The van der Waals surface area contributed by atoms with E-state index in [0.717, 1.165) is 12.1 Å². The minimum absolute atomic E-state index is 0.0363. The van der Waals surface area contributed by atoms with Crippen LogP contribution in [0.3, 0.4) is 0 Å². The zero-order valence-electron chi connectivity index (χ0n) is 21.0. The van der Waals surface area contributed by atoms with Gasteiger partial charge in [0.15, 0.2) is 0 Å². The SMILES string of the molecule is Cc1cc(-n2ccc(F)n2)c2cccc(OCc3c(Cl)cc(F)cc3[C@H](CO)NC(=O)[C@@H](O)C(C)C)c2n1. The largest absolute Gasteiger partial charge is 0.487 e. The molecule has 2 aromatic carbocycles. The summed E-state index contributed by atoms with van der Waals surface area (Å²) in [5.74, 6) is -1.97. The van der Waals surface area contributed by atoms with Gasteiger partial charge in [0.1, 0.15) is 29.8 Å². The highest BCUT2D eigenvalue weighted by Gasteiger charge is 2.25. The minimum atomic E-state index is -1.31. The number of amides is 1. The Kier molecular flexibility index (Phi) is 8.25. The smallest absolute Gasteiger partial charge is 0.249 e. The van der Waals surface area contributed by atoms with Gasteiger partial charge < -0.3 is 20.3 Å². The number of nitrogens with zero attached hydrogens (tertiary/aromatic N) is 3. The van der Waals surface area contributed by atoms with Crippen LogP contribution < -0.4 is 10.1 Å². The van der Waals surface area contributed by atoms with E-state index in [1.54, 1.807) is 45.0 Å². The Morgan fingerprint density at radius 1 is 1.21 bits per heavy atom. The van der Waals surface area contributed by atoms with Crippen LogP contribution in [-0.2, 0) is 11.4 Å². The Hall–Kier alpha value is -3.60. The summed E-state index contributed by atoms with van der Waals surface area (Å²) in [7, 11) is 0. The predicted octanol–water partition coefficient (Wildman–Crippen LogP) is 4.41. The number of aryl methyl sites for hydroxylation is 1. The van der Waals surface area contributed by atoms with Gasteiger partial charge in [-0.1, -0.05) is 37.6 Å². The van der Waals surface area contributed by atoms with Crippen LogP contribution in [0.15, 0.2) is 48.7 Å². The van der Waals surface area contributed by atoms with E-state index in [9.17, 15) is 23.8 Å². The second-order valence-corrected chi connectivity index (χ2v) is 9.60. The van der Waals surface area contributed by atoms with E-state index in [0.29, 0.717) is 33.6 Å². The summed E-state index contributed by atoms with van der Waals surface area (Å²) in [5, 5.41) is 27.2. The molecule has 2 aromatic heterocycles. The Morgan fingerprint density at radius 3 is 2.63 bits per heavy atom. The molecule has 0 aliphatic carbocycles. The molecule has 0 spiro atoms. The van der Waals surface area contributed by atoms with Crippen molar-refractivity contribution in [2.75, 3.05) is 6.61 Å². The number of fused-ring (bicyclic) bond motifs is 1. The van der Waals surface area contributed by atoms with Gasteiger partial charge in [0.2, 0.25) is 11.9 Å². The maximum Gasteiger partial charge on any atom is 0.249 e. The van der Waals surface area contributed by atoms with Crippen molar-refractivity contribution >= 4 is 28.4 Å². The summed E-state index contributed by atoms with van der Waals surface area (Å²) in [4.78, 5) is 17.0. The molecule has 38 heavy (non-hydrogen) atoms. The lowest BCUT2D eigenvalue weighted by Gasteiger charge is -2.24. The molecule has 3 N–H and O–H groups in total. The van der Waals surface area contributed by atoms with Crippen molar-refractivity contribution < 1.29 is 28.5 Å². The lowest BCUT2D eigenvalue weighted by molar-refractivity contribution is -0.132. The summed E-state index contributed by atoms with van der Waals surface area (Å²) < 4.78 is 35.4. The summed E-state index contributed by atoms with van der Waals surface area (Å²) in [5.41, 5.74) is 2.29. The molecule has 8 nitrogen and oxygen atoms in total. The lowest BCUT2D eigenvalue weighted by Crippen LogP contribution is -2.41. The van der Waals surface area contributed by atoms with Crippen molar-refractivity contribution in [2.45, 2.75) is 39.5 Å². The second-order valence-electron chi connectivity index (χ2n) is 9.19. The molecular formula is C27H27ClF2N4O4. The molecule has 0 aliphatic heterocycles. The van der Waals surface area contributed by atoms with Gasteiger partial charge in [-0.05, 0) is 42.7 Å². The van der Waals surface area contributed by atoms with Crippen molar-refractivity contribution in [3.63, 3.8) is 0 Å². The van der Waals surface area contributed by atoms with Crippen LogP contribution >= 0.6 is 11.6 Å². The zero-order chi connectivity index (χ0) is 27.6. The number of nitrogens with one attached hydrogen (secondary N) is 1. The van der Waals surface area contributed by atoms with Crippen LogP contribution in [0.1, 0.15) is 36.7 Å². The maximum atomic E-state index is 14.3. The molecule has 4 rings (SSSR count). The number of hydrogen-bond acceptors (Lipinski definition) is 6. The van der Waals surface area contributed by atoms with Gasteiger partial charge in [-0.25, -0.2) is 14.1 Å². The van der Waals surface area contributed by atoms with Crippen molar-refractivity contribution in [3.8, 4) is 11.4 Å². The highest BCUT2D eigenvalue weighted by atomic mass is 35.5. The van der Waals surface area contributed by atoms with Gasteiger partial charge in [0, 0.05) is 28.9 Å². The van der Waals surface area contributed by atoms with Crippen LogP contribution in [0.4, 0.5) is 8.78 Å². The van der Waals surface area contributed by atoms with E-state index in [4.69, 9.17) is 16.3 Å². The third kappa shape index (κ3) is 5.77. The van der Waals surface area contributed by atoms with Crippen LogP contribution in [0, 0.1) is 24.6 Å². The number of aromatic nitrogens is 3. The molecule has 0 unspecified atom stereocenters. The summed E-state index contributed by atoms with van der Waals surface area (Å²) in [6.07, 6.45) is 0.191. The van der Waals surface area contributed by atoms with Crippen LogP contribution in [0.5, 0.6) is 5.75 Å². The number of aliphatic hydroxyl groups excluding tert-OH is 2. The third-order valence-electron chi connectivity index (χ3n) is 6.05. The van der Waals surface area contributed by atoms with E-state index in [1.807, 2.05) is 0 Å². The van der Waals surface area contributed by atoms with Crippen LogP contribution in [-0.4, -0.2) is 43.6 Å². The number of carbonyl (C=O) groups is 1. The molecule has 2 heterocycles. The summed E-state index contributed by atoms with van der Waals surface area (Å²) >= 11 is 6.38. The second kappa shape index (κ2) is 11.4. The quantitative estimate of drug-likeness (QED) is 0.288. The molecule has 200 valence electrons. The fraction of sp³-hybridized carbons (Fsp3) is 0.296. The van der Waals surface area contributed by atoms with E-state index < -0.39 is 36.4 Å². The predicted molar refractivity (Wildman–Crippen MR) is 138 cm³/mol. The molecule has 11 heteroatoms. The Balaban J connectivity index is 1.69. The van der Waals surface area contributed by atoms with Gasteiger partial charge in [-0.3, -0.25) is 4.79 Å². The van der Waals surface area contributed by atoms with Crippen molar-refractivity contribution in [3.05, 3.63) is 82.3 Å². The first-order valence-corrected chi connectivity index (χ1v) is 12.3. The molecule has 0 fully saturated rings. The Labute approximate surface area is 222 Å². The van der Waals surface area contributed by atoms with Crippen LogP contribution in [0.25, 0.3) is 16.6 Å². The Bertz CT molecular complexity index is 1480. The highest BCUT2D eigenvalue weighted by molar-refractivity contribution is 6.31. The first kappa shape index (κ1) is 27.4. The summed E-state index contributed by atoms with van der Waals surface area (Å²) in [6, 6.07) is 9.49. The molecule has 0 saturated heterocycles. The van der Waals surface area contributed by atoms with E-state index in [2.05, 4.69) is 15.4 Å². The topological polar surface area (TPSA) is 110 Å². The molecule has 0 saturated carbocycles. The monoisotopic (exact) mass is 544 g/mol. The molecule has 4 aromatic rings. The minimum Gasteiger partial charge on any atom is -0.487 e. The maximum absolute atomic E-state index is 14.3. The molecule has 2 atom stereocenters. The molecule has 0 aliphatic rings. The number of rotatable bonds is 9. The number of halogens is 3.